The molecule has 0 radical (unpaired) electrons. The second-order valence-electron chi connectivity index (χ2n) is 4.23. The lowest BCUT2D eigenvalue weighted by atomic mass is 10.2. The SMILES string of the molecule is CC(O)C(N)C(=O)OC(/C=C/CS)CC(=O)NCC(=O)O.CO. The minimum atomic E-state index is -1.22. The zero-order valence-corrected chi connectivity index (χ0v) is 13.9. The third kappa shape index (κ3) is 12.6. The molecule has 1 amide bonds. The van der Waals surface area contributed by atoms with E-state index >= 15 is 0 Å². The van der Waals surface area contributed by atoms with Crippen LogP contribution in [0.25, 0.3) is 0 Å². The largest absolute Gasteiger partial charge is 0.480 e. The number of hydrogen-bond acceptors (Lipinski definition) is 8. The first-order valence-electron chi connectivity index (χ1n) is 6.62. The number of carbonyl (C=O) groups is 3. The van der Waals surface area contributed by atoms with E-state index in [-0.39, 0.29) is 6.42 Å². The first-order valence-corrected chi connectivity index (χ1v) is 7.26. The molecule has 0 rings (SSSR count). The average Bonchev–Trinajstić information content (AvgIpc) is 2.51. The van der Waals surface area contributed by atoms with E-state index < -0.39 is 42.6 Å². The molecule has 0 aliphatic carbocycles. The summed E-state index contributed by atoms with van der Waals surface area (Å²) in [6.07, 6.45) is 0.756. The van der Waals surface area contributed by atoms with Gasteiger partial charge in [-0.15, -0.1) is 0 Å². The van der Waals surface area contributed by atoms with Crippen molar-refractivity contribution >= 4 is 30.5 Å². The highest BCUT2D eigenvalue weighted by molar-refractivity contribution is 7.80. The van der Waals surface area contributed by atoms with Gasteiger partial charge in [-0.1, -0.05) is 6.08 Å². The summed E-state index contributed by atoms with van der Waals surface area (Å²) in [5.41, 5.74) is 5.42. The fourth-order valence-corrected chi connectivity index (χ4v) is 1.34. The Bertz CT molecular complexity index is 402. The van der Waals surface area contributed by atoms with Crippen molar-refractivity contribution in [1.29, 1.82) is 0 Å². The van der Waals surface area contributed by atoms with Gasteiger partial charge in [0.1, 0.15) is 18.7 Å². The minimum Gasteiger partial charge on any atom is -0.480 e. The van der Waals surface area contributed by atoms with Crippen molar-refractivity contribution in [1.82, 2.24) is 5.32 Å². The van der Waals surface area contributed by atoms with Gasteiger partial charge in [-0.25, -0.2) is 0 Å². The van der Waals surface area contributed by atoms with Crippen molar-refractivity contribution in [3.05, 3.63) is 12.2 Å². The number of rotatable bonds is 9. The van der Waals surface area contributed by atoms with Crippen molar-refractivity contribution in [2.24, 2.45) is 5.73 Å². The van der Waals surface area contributed by atoms with Crippen LogP contribution < -0.4 is 11.1 Å². The zero-order chi connectivity index (χ0) is 18.4. The van der Waals surface area contributed by atoms with E-state index in [9.17, 15) is 19.5 Å². The van der Waals surface area contributed by atoms with Gasteiger partial charge in [0.05, 0.1) is 12.5 Å². The monoisotopic (exact) mass is 352 g/mol. The Morgan fingerprint density at radius 3 is 2.35 bits per heavy atom. The van der Waals surface area contributed by atoms with Crippen molar-refractivity contribution in [2.45, 2.75) is 31.6 Å². The summed E-state index contributed by atoms with van der Waals surface area (Å²) in [6.45, 7) is 0.813. The molecule has 0 saturated carbocycles. The average molecular weight is 352 g/mol. The molecule has 23 heavy (non-hydrogen) atoms. The normalized spacial score (nSPS) is 14.2. The lowest BCUT2D eigenvalue weighted by Crippen LogP contribution is -2.43. The molecule has 10 heteroatoms. The standard InChI is InChI=1S/C12H20N2O6S.CH4O/c1-7(15)11(13)12(19)20-8(3-2-4-21)5-9(16)14-6-10(17)18;1-2/h2-3,7-8,11,15,21H,4-6,13H2,1H3,(H,14,16)(H,17,18);2H,1H3/b3-2+;. The van der Waals surface area contributed by atoms with Crippen LogP contribution in [0, 0.1) is 0 Å². The number of nitrogens with two attached hydrogens (primary N) is 1. The van der Waals surface area contributed by atoms with E-state index in [1.54, 1.807) is 6.08 Å². The second-order valence-corrected chi connectivity index (χ2v) is 4.59. The van der Waals surface area contributed by atoms with E-state index in [1.165, 1.54) is 13.0 Å². The van der Waals surface area contributed by atoms with Gasteiger partial charge >= 0.3 is 11.9 Å². The molecule has 0 heterocycles. The van der Waals surface area contributed by atoms with Gasteiger partial charge in [-0.05, 0) is 13.0 Å². The smallest absolute Gasteiger partial charge is 0.326 e. The summed E-state index contributed by atoms with van der Waals surface area (Å²) in [5, 5.41) is 26.8. The Hall–Kier alpha value is -1.62. The zero-order valence-electron chi connectivity index (χ0n) is 13.0. The molecule has 0 aromatic carbocycles. The third-order valence-corrected chi connectivity index (χ3v) is 2.55. The Balaban J connectivity index is 0. The van der Waals surface area contributed by atoms with Gasteiger partial charge in [0.25, 0.3) is 0 Å². The quantitative estimate of drug-likeness (QED) is 0.163. The number of carbonyl (C=O) groups excluding carboxylic acids is 2. The summed E-state index contributed by atoms with van der Waals surface area (Å²) in [4.78, 5) is 33.5. The number of nitrogens with one attached hydrogen (secondary N) is 1. The maximum atomic E-state index is 11.6. The predicted octanol–water partition coefficient (Wildman–Crippen LogP) is -1.71. The molecule has 0 aliphatic rings. The number of thiol groups is 1. The fourth-order valence-electron chi connectivity index (χ4n) is 1.22. The summed E-state index contributed by atoms with van der Waals surface area (Å²) in [6, 6.07) is -1.22. The molecule has 0 saturated heterocycles. The van der Waals surface area contributed by atoms with Gasteiger partial charge in [0.15, 0.2) is 0 Å². The van der Waals surface area contributed by atoms with Crippen molar-refractivity contribution < 1.29 is 34.4 Å². The summed E-state index contributed by atoms with van der Waals surface area (Å²) in [5.74, 6) is -2.26. The summed E-state index contributed by atoms with van der Waals surface area (Å²) < 4.78 is 5.00. The summed E-state index contributed by atoms with van der Waals surface area (Å²) in [7, 11) is 1.00. The number of aliphatic hydroxyl groups is 2. The van der Waals surface area contributed by atoms with Gasteiger partial charge < -0.3 is 31.1 Å². The summed E-state index contributed by atoms with van der Waals surface area (Å²) >= 11 is 3.95. The predicted molar refractivity (Wildman–Crippen MR) is 85.9 cm³/mol. The Labute approximate surface area is 139 Å². The topological polar surface area (TPSA) is 159 Å². The number of esters is 1. The highest BCUT2D eigenvalue weighted by Crippen LogP contribution is 2.05. The Morgan fingerprint density at radius 2 is 1.91 bits per heavy atom. The molecule has 0 bridgehead atoms. The molecule has 0 aromatic heterocycles. The molecule has 3 atom stereocenters. The van der Waals surface area contributed by atoms with Crippen LogP contribution in [0.15, 0.2) is 12.2 Å². The maximum absolute atomic E-state index is 11.6. The van der Waals surface area contributed by atoms with Crippen LogP contribution in [-0.2, 0) is 19.1 Å². The first kappa shape index (κ1) is 23.6. The van der Waals surface area contributed by atoms with Crippen LogP contribution in [0.5, 0.6) is 0 Å². The molecule has 0 fully saturated rings. The van der Waals surface area contributed by atoms with E-state index in [2.05, 4.69) is 17.9 Å². The van der Waals surface area contributed by atoms with Crippen LogP contribution in [0.3, 0.4) is 0 Å². The van der Waals surface area contributed by atoms with Crippen molar-refractivity contribution in [2.75, 3.05) is 19.4 Å². The van der Waals surface area contributed by atoms with E-state index in [1.807, 2.05) is 0 Å². The molecular formula is C13H24N2O7S. The van der Waals surface area contributed by atoms with E-state index in [0.717, 1.165) is 7.11 Å². The van der Waals surface area contributed by atoms with Gasteiger partial charge in [-0.2, -0.15) is 12.6 Å². The van der Waals surface area contributed by atoms with Crippen molar-refractivity contribution in [3.8, 4) is 0 Å². The van der Waals surface area contributed by atoms with Gasteiger partial charge in [0.2, 0.25) is 5.91 Å². The number of ether oxygens (including phenoxy) is 1. The molecule has 134 valence electrons. The fraction of sp³-hybridized carbons (Fsp3) is 0.615. The molecular weight excluding hydrogens is 328 g/mol. The van der Waals surface area contributed by atoms with Crippen LogP contribution in [-0.4, -0.2) is 70.8 Å². The van der Waals surface area contributed by atoms with E-state index in [0.29, 0.717) is 5.75 Å². The molecule has 0 spiro atoms. The number of amides is 1. The van der Waals surface area contributed by atoms with Gasteiger partial charge in [-0.3, -0.25) is 14.4 Å². The molecule has 0 aromatic rings. The number of carboxylic acid groups (broad SMARTS) is 1. The molecule has 6 N–H and O–H groups in total. The number of aliphatic hydroxyl groups excluding tert-OH is 2. The van der Waals surface area contributed by atoms with Crippen LogP contribution >= 0.6 is 12.6 Å². The number of aliphatic carboxylic acids is 1. The Kier molecular flexibility index (Phi) is 14.4. The van der Waals surface area contributed by atoms with Crippen molar-refractivity contribution in [3.63, 3.8) is 0 Å². The molecule has 0 aliphatic heterocycles. The van der Waals surface area contributed by atoms with Crippen LogP contribution in [0.1, 0.15) is 13.3 Å². The number of carboxylic acids is 1. The first-order chi connectivity index (χ1) is 10.8. The van der Waals surface area contributed by atoms with Crippen LogP contribution in [0.2, 0.25) is 0 Å². The Morgan fingerprint density at radius 1 is 1.35 bits per heavy atom. The molecule has 9 nitrogen and oxygen atoms in total. The number of hydrogen-bond donors (Lipinski definition) is 6. The lowest BCUT2D eigenvalue weighted by Gasteiger charge is -2.18. The highest BCUT2D eigenvalue weighted by atomic mass is 32.1. The maximum Gasteiger partial charge on any atom is 0.326 e. The minimum absolute atomic E-state index is 0.254. The molecule has 3 unspecified atom stereocenters. The van der Waals surface area contributed by atoms with E-state index in [4.69, 9.17) is 20.7 Å². The lowest BCUT2D eigenvalue weighted by molar-refractivity contribution is -0.152. The van der Waals surface area contributed by atoms with Crippen LogP contribution in [0.4, 0.5) is 0 Å². The third-order valence-electron chi connectivity index (χ3n) is 2.34. The highest BCUT2D eigenvalue weighted by Gasteiger charge is 2.24. The van der Waals surface area contributed by atoms with Gasteiger partial charge in [0, 0.05) is 12.9 Å². The second kappa shape index (κ2) is 14.0.